The van der Waals surface area contributed by atoms with Crippen molar-refractivity contribution in [1.82, 2.24) is 4.90 Å². The van der Waals surface area contributed by atoms with Crippen molar-refractivity contribution in [2.24, 2.45) is 5.92 Å². The molecule has 6 heteroatoms. The monoisotopic (exact) mass is 292 g/mol. The number of fused-ring (bicyclic) bond motifs is 1. The highest BCUT2D eigenvalue weighted by atomic mass is 16.5. The second-order valence-electron chi connectivity index (χ2n) is 5.07. The molecule has 1 N–H and O–H groups in total. The fraction of sp³-hybridized carbons (Fsp3) is 0.467. The molecule has 0 fully saturated rings. The molecular formula is C15H20N2O4. The van der Waals surface area contributed by atoms with Crippen LogP contribution in [0.25, 0.3) is 0 Å². The smallest absolute Gasteiger partial charge is 0.310 e. The molecule has 0 spiro atoms. The molecule has 1 unspecified atom stereocenters. The van der Waals surface area contributed by atoms with Crippen molar-refractivity contribution in [3.8, 4) is 5.75 Å². The Bertz CT molecular complexity index is 544. The molecule has 1 aliphatic heterocycles. The lowest BCUT2D eigenvalue weighted by Crippen LogP contribution is -2.34. The number of anilines is 1. The predicted molar refractivity (Wildman–Crippen MR) is 78.6 cm³/mol. The average molecular weight is 292 g/mol. The molecule has 1 aromatic rings. The van der Waals surface area contributed by atoms with Gasteiger partial charge in [-0.25, -0.2) is 0 Å². The Morgan fingerprint density at radius 2 is 2.24 bits per heavy atom. The van der Waals surface area contributed by atoms with Crippen LogP contribution >= 0.6 is 0 Å². The largest absolute Gasteiger partial charge is 0.489 e. The van der Waals surface area contributed by atoms with Crippen LogP contribution < -0.4 is 10.1 Å². The number of ether oxygens (including phenoxy) is 2. The van der Waals surface area contributed by atoms with Gasteiger partial charge in [0.2, 0.25) is 0 Å². The highest BCUT2D eigenvalue weighted by Crippen LogP contribution is 2.31. The molecule has 6 nitrogen and oxygen atoms in total. The number of hydrogen-bond donors (Lipinski definition) is 1. The Morgan fingerprint density at radius 1 is 1.48 bits per heavy atom. The van der Waals surface area contributed by atoms with Gasteiger partial charge in [0, 0.05) is 20.1 Å². The molecule has 0 radical (unpaired) electrons. The van der Waals surface area contributed by atoms with E-state index in [0.29, 0.717) is 24.5 Å². The number of carbonyl (C=O) groups excluding carboxylic acids is 2. The maximum atomic E-state index is 12.5. The van der Waals surface area contributed by atoms with E-state index in [4.69, 9.17) is 4.74 Å². The van der Waals surface area contributed by atoms with Gasteiger partial charge in [0.1, 0.15) is 6.61 Å². The zero-order chi connectivity index (χ0) is 15.4. The van der Waals surface area contributed by atoms with E-state index in [-0.39, 0.29) is 17.8 Å². The number of nitrogens with zero attached hydrogens (tertiary/aromatic N) is 1. The number of nitrogens with one attached hydrogen (secondary N) is 1. The van der Waals surface area contributed by atoms with Crippen molar-refractivity contribution < 1.29 is 19.1 Å². The van der Waals surface area contributed by atoms with Crippen molar-refractivity contribution in [3.05, 3.63) is 23.8 Å². The molecule has 0 bridgehead atoms. The lowest BCUT2D eigenvalue weighted by atomic mass is 10.1. The van der Waals surface area contributed by atoms with E-state index in [1.54, 1.807) is 20.0 Å². The lowest BCUT2D eigenvalue weighted by Gasteiger charge is -2.25. The summed E-state index contributed by atoms with van der Waals surface area (Å²) in [6.45, 7) is 3.27. The van der Waals surface area contributed by atoms with Crippen LogP contribution in [0.1, 0.15) is 17.3 Å². The van der Waals surface area contributed by atoms with E-state index >= 15 is 0 Å². The van der Waals surface area contributed by atoms with Crippen LogP contribution in [0.3, 0.4) is 0 Å². The molecule has 2 rings (SSSR count). The Labute approximate surface area is 124 Å². The summed E-state index contributed by atoms with van der Waals surface area (Å²) in [4.78, 5) is 25.5. The van der Waals surface area contributed by atoms with Crippen molar-refractivity contribution in [2.75, 3.05) is 39.2 Å². The maximum Gasteiger partial charge on any atom is 0.310 e. The van der Waals surface area contributed by atoms with Gasteiger partial charge in [-0.05, 0) is 12.1 Å². The highest BCUT2D eigenvalue weighted by molar-refractivity contribution is 5.99. The lowest BCUT2D eigenvalue weighted by molar-refractivity contribution is -0.145. The van der Waals surface area contributed by atoms with Gasteiger partial charge < -0.3 is 19.7 Å². The third-order valence-electron chi connectivity index (χ3n) is 3.41. The minimum Gasteiger partial charge on any atom is -0.489 e. The summed E-state index contributed by atoms with van der Waals surface area (Å²) in [6.07, 6.45) is 0. The van der Waals surface area contributed by atoms with Gasteiger partial charge in [-0.2, -0.15) is 0 Å². The molecular weight excluding hydrogens is 272 g/mol. The van der Waals surface area contributed by atoms with Crippen LogP contribution in [0, 0.1) is 5.92 Å². The van der Waals surface area contributed by atoms with Gasteiger partial charge in [-0.3, -0.25) is 9.59 Å². The van der Waals surface area contributed by atoms with Gasteiger partial charge in [0.05, 0.1) is 24.3 Å². The minimum absolute atomic E-state index is 0.175. The minimum atomic E-state index is -0.373. The molecule has 0 aromatic heterocycles. The van der Waals surface area contributed by atoms with E-state index in [9.17, 15) is 9.59 Å². The van der Waals surface area contributed by atoms with E-state index in [1.807, 2.05) is 12.1 Å². The van der Waals surface area contributed by atoms with E-state index in [0.717, 1.165) is 12.2 Å². The van der Waals surface area contributed by atoms with Gasteiger partial charge >= 0.3 is 5.97 Å². The normalized spacial score (nSPS) is 14.2. The van der Waals surface area contributed by atoms with Gasteiger partial charge in [-0.1, -0.05) is 13.0 Å². The molecule has 0 saturated heterocycles. The predicted octanol–water partition coefficient (Wildman–Crippen LogP) is 1.37. The topological polar surface area (TPSA) is 67.9 Å². The number of carbonyl (C=O) groups is 2. The summed E-state index contributed by atoms with van der Waals surface area (Å²) in [5, 5.41) is 3.20. The third-order valence-corrected chi connectivity index (χ3v) is 3.41. The first-order valence-electron chi connectivity index (χ1n) is 6.87. The number of amides is 1. The first-order valence-corrected chi connectivity index (χ1v) is 6.87. The van der Waals surface area contributed by atoms with E-state index in [1.165, 1.54) is 12.0 Å². The zero-order valence-corrected chi connectivity index (χ0v) is 12.5. The second kappa shape index (κ2) is 6.47. The highest BCUT2D eigenvalue weighted by Gasteiger charge is 2.24. The number of hydrogen-bond acceptors (Lipinski definition) is 5. The van der Waals surface area contributed by atoms with Crippen molar-refractivity contribution in [1.29, 1.82) is 0 Å². The van der Waals surface area contributed by atoms with Crippen molar-refractivity contribution >= 4 is 17.6 Å². The van der Waals surface area contributed by atoms with Gasteiger partial charge in [-0.15, -0.1) is 0 Å². The molecule has 1 aromatic carbocycles. The van der Waals surface area contributed by atoms with Crippen molar-refractivity contribution in [2.45, 2.75) is 6.92 Å². The average Bonchev–Trinajstić information content (AvgIpc) is 2.52. The SMILES string of the molecule is COC(=O)C(C)CN(C)C(=O)c1cccc2c1OCCN2. The summed E-state index contributed by atoms with van der Waals surface area (Å²) in [5.41, 5.74) is 1.32. The molecule has 0 aliphatic carbocycles. The van der Waals surface area contributed by atoms with Crippen LogP contribution in [0.5, 0.6) is 5.75 Å². The zero-order valence-electron chi connectivity index (χ0n) is 12.5. The molecule has 114 valence electrons. The molecule has 1 aliphatic rings. The third kappa shape index (κ3) is 3.26. The molecule has 1 heterocycles. The van der Waals surface area contributed by atoms with Crippen LogP contribution in [0.2, 0.25) is 0 Å². The Morgan fingerprint density at radius 3 is 2.95 bits per heavy atom. The molecule has 0 saturated carbocycles. The van der Waals surface area contributed by atoms with Crippen LogP contribution in [0.15, 0.2) is 18.2 Å². The Balaban J connectivity index is 2.14. The number of benzene rings is 1. The first kappa shape index (κ1) is 15.2. The van der Waals surface area contributed by atoms with Crippen LogP contribution in [0.4, 0.5) is 5.69 Å². The van der Waals surface area contributed by atoms with Crippen LogP contribution in [-0.2, 0) is 9.53 Å². The summed E-state index contributed by atoms with van der Waals surface area (Å²) >= 11 is 0. The fourth-order valence-electron chi connectivity index (χ4n) is 2.31. The van der Waals surface area contributed by atoms with E-state index in [2.05, 4.69) is 10.1 Å². The standard InChI is InChI=1S/C15H20N2O4/c1-10(15(19)20-3)9-17(2)14(18)11-5-4-6-12-13(11)21-8-7-16-12/h4-6,10,16H,7-9H2,1-3H3. The molecule has 21 heavy (non-hydrogen) atoms. The van der Waals surface area contributed by atoms with E-state index < -0.39 is 0 Å². The maximum absolute atomic E-state index is 12.5. The quantitative estimate of drug-likeness (QED) is 0.849. The summed E-state index contributed by atoms with van der Waals surface area (Å²) in [5.74, 6) is -0.303. The number of esters is 1. The molecule has 1 amide bonds. The van der Waals surface area contributed by atoms with Crippen molar-refractivity contribution in [3.63, 3.8) is 0 Å². The van der Waals surface area contributed by atoms with Gasteiger partial charge in [0.15, 0.2) is 5.75 Å². The second-order valence-corrected chi connectivity index (χ2v) is 5.07. The van der Waals surface area contributed by atoms with Gasteiger partial charge in [0.25, 0.3) is 5.91 Å². The number of methoxy groups -OCH3 is 1. The fourth-order valence-corrected chi connectivity index (χ4v) is 2.31. The Hall–Kier alpha value is -2.24. The van der Waals surface area contributed by atoms with Crippen LogP contribution in [-0.4, -0.2) is 50.6 Å². The Kier molecular flexibility index (Phi) is 4.67. The summed E-state index contributed by atoms with van der Waals surface area (Å²) in [6, 6.07) is 5.42. The molecule has 1 atom stereocenters. The first-order chi connectivity index (χ1) is 10.0. The summed E-state index contributed by atoms with van der Waals surface area (Å²) < 4.78 is 10.3. The number of para-hydroxylation sites is 1. The summed E-state index contributed by atoms with van der Waals surface area (Å²) in [7, 11) is 3.01. The number of rotatable bonds is 4.